The molecule has 0 aliphatic rings. The second kappa shape index (κ2) is 4.84. The first-order valence-electron chi connectivity index (χ1n) is 3.75. The van der Waals surface area contributed by atoms with Gasteiger partial charge in [0.1, 0.15) is 5.02 Å². The monoisotopic (exact) mass is 202 g/mol. The maximum atomic E-state index is 5.79. The lowest BCUT2D eigenvalue weighted by molar-refractivity contribution is 0.210. The van der Waals surface area contributed by atoms with E-state index in [2.05, 4.69) is 15.3 Å². The third kappa shape index (κ3) is 3.04. The molecule has 1 aromatic heterocycles. The van der Waals surface area contributed by atoms with E-state index in [1.807, 2.05) is 0 Å². The summed E-state index contributed by atoms with van der Waals surface area (Å²) in [6.07, 6.45) is 1.46. The number of ether oxygens (including phenoxy) is 1. The Kier molecular flexibility index (Phi) is 3.72. The highest BCUT2D eigenvalue weighted by atomic mass is 35.5. The van der Waals surface area contributed by atoms with Crippen molar-refractivity contribution in [1.29, 1.82) is 0 Å². The lowest BCUT2D eigenvalue weighted by Gasteiger charge is -2.06. The number of methoxy groups -OCH3 is 1. The Hall–Kier alpha value is -1.07. The van der Waals surface area contributed by atoms with Crippen molar-refractivity contribution >= 4 is 23.4 Å². The zero-order chi connectivity index (χ0) is 9.68. The fraction of sp³-hybridized carbons (Fsp3) is 0.429. The van der Waals surface area contributed by atoms with Crippen LogP contribution in [0.2, 0.25) is 5.02 Å². The van der Waals surface area contributed by atoms with Crippen molar-refractivity contribution in [3.05, 3.63) is 11.2 Å². The minimum atomic E-state index is 0.198. The highest BCUT2D eigenvalue weighted by Crippen LogP contribution is 2.17. The zero-order valence-electron chi connectivity index (χ0n) is 7.25. The van der Waals surface area contributed by atoms with E-state index in [4.69, 9.17) is 22.1 Å². The molecule has 0 saturated carbocycles. The van der Waals surface area contributed by atoms with Crippen molar-refractivity contribution < 1.29 is 4.74 Å². The average molecular weight is 203 g/mol. The van der Waals surface area contributed by atoms with Gasteiger partial charge in [0, 0.05) is 13.7 Å². The number of nitrogens with one attached hydrogen (secondary N) is 1. The second-order valence-corrected chi connectivity index (χ2v) is 2.75. The van der Waals surface area contributed by atoms with Gasteiger partial charge >= 0.3 is 0 Å². The molecular formula is C7H11ClN4O. The number of rotatable bonds is 4. The molecule has 1 rings (SSSR count). The largest absolute Gasteiger partial charge is 0.383 e. The molecular weight excluding hydrogens is 192 g/mol. The molecule has 0 fully saturated rings. The predicted octanol–water partition coefficient (Wildman–Crippen LogP) is 0.770. The summed E-state index contributed by atoms with van der Waals surface area (Å²) in [6, 6.07) is 0. The van der Waals surface area contributed by atoms with E-state index < -0.39 is 0 Å². The Morgan fingerprint density at radius 2 is 2.46 bits per heavy atom. The molecule has 6 heteroatoms. The minimum Gasteiger partial charge on any atom is -0.383 e. The van der Waals surface area contributed by atoms with E-state index in [9.17, 15) is 0 Å². The fourth-order valence-corrected chi connectivity index (χ4v) is 0.934. The van der Waals surface area contributed by atoms with Gasteiger partial charge in [-0.25, -0.2) is 4.98 Å². The molecule has 0 bridgehead atoms. The van der Waals surface area contributed by atoms with Crippen LogP contribution in [-0.2, 0) is 4.74 Å². The van der Waals surface area contributed by atoms with Gasteiger partial charge in [0.05, 0.1) is 12.8 Å². The Bertz CT molecular complexity index is 281. The quantitative estimate of drug-likeness (QED) is 0.706. The summed E-state index contributed by atoms with van der Waals surface area (Å²) in [4.78, 5) is 7.64. The second-order valence-electron chi connectivity index (χ2n) is 2.34. The topological polar surface area (TPSA) is 73.1 Å². The normalized spacial score (nSPS) is 10.0. The number of hydrogen-bond donors (Lipinski definition) is 2. The van der Waals surface area contributed by atoms with Crippen LogP contribution in [0.1, 0.15) is 0 Å². The number of nitrogens with two attached hydrogens (primary N) is 1. The van der Waals surface area contributed by atoms with Crippen LogP contribution in [0.5, 0.6) is 0 Å². The maximum absolute atomic E-state index is 5.79. The SMILES string of the molecule is COCCNc1nc(N)ncc1Cl. The number of anilines is 2. The van der Waals surface area contributed by atoms with Crippen LogP contribution >= 0.6 is 11.6 Å². The molecule has 0 unspecified atom stereocenters. The van der Waals surface area contributed by atoms with Crippen molar-refractivity contribution in [2.24, 2.45) is 0 Å². The summed E-state index contributed by atoms with van der Waals surface area (Å²) >= 11 is 5.79. The number of nitrogen functional groups attached to an aromatic ring is 1. The van der Waals surface area contributed by atoms with Gasteiger partial charge in [0.25, 0.3) is 0 Å². The van der Waals surface area contributed by atoms with Crippen LogP contribution in [0.3, 0.4) is 0 Å². The van der Waals surface area contributed by atoms with Crippen molar-refractivity contribution in [1.82, 2.24) is 9.97 Å². The molecule has 72 valence electrons. The molecule has 0 radical (unpaired) electrons. The van der Waals surface area contributed by atoms with Gasteiger partial charge in [0.2, 0.25) is 5.95 Å². The Balaban J connectivity index is 2.59. The highest BCUT2D eigenvalue weighted by Gasteiger charge is 2.01. The summed E-state index contributed by atoms with van der Waals surface area (Å²) in [7, 11) is 1.62. The van der Waals surface area contributed by atoms with E-state index in [1.165, 1.54) is 6.20 Å². The summed E-state index contributed by atoms with van der Waals surface area (Å²) in [5.74, 6) is 0.732. The first-order chi connectivity index (χ1) is 6.24. The molecule has 13 heavy (non-hydrogen) atoms. The van der Waals surface area contributed by atoms with Crippen LogP contribution in [-0.4, -0.2) is 30.2 Å². The van der Waals surface area contributed by atoms with Crippen LogP contribution in [0, 0.1) is 0 Å². The molecule has 0 aromatic carbocycles. The molecule has 0 spiro atoms. The first-order valence-corrected chi connectivity index (χ1v) is 4.12. The summed E-state index contributed by atoms with van der Waals surface area (Å²) in [5, 5.41) is 3.42. The summed E-state index contributed by atoms with van der Waals surface area (Å²) in [5.41, 5.74) is 5.38. The van der Waals surface area contributed by atoms with E-state index in [0.717, 1.165) is 0 Å². The molecule has 1 heterocycles. The lowest BCUT2D eigenvalue weighted by atomic mass is 10.5. The third-order valence-electron chi connectivity index (χ3n) is 1.36. The smallest absolute Gasteiger partial charge is 0.222 e. The number of hydrogen-bond acceptors (Lipinski definition) is 5. The standard InChI is InChI=1S/C7H11ClN4O/c1-13-3-2-10-6-5(8)4-11-7(9)12-6/h4H,2-3H2,1H3,(H3,9,10,11,12). The Morgan fingerprint density at radius 1 is 1.69 bits per heavy atom. The van der Waals surface area contributed by atoms with E-state index in [-0.39, 0.29) is 5.95 Å². The molecule has 0 amide bonds. The molecule has 0 aliphatic heterocycles. The van der Waals surface area contributed by atoms with E-state index in [1.54, 1.807) is 7.11 Å². The molecule has 1 aromatic rings. The number of nitrogens with zero attached hydrogens (tertiary/aromatic N) is 2. The van der Waals surface area contributed by atoms with Gasteiger partial charge in [-0.05, 0) is 0 Å². The third-order valence-corrected chi connectivity index (χ3v) is 1.64. The van der Waals surface area contributed by atoms with Crippen LogP contribution in [0.15, 0.2) is 6.20 Å². The zero-order valence-corrected chi connectivity index (χ0v) is 8.01. The first kappa shape index (κ1) is 10.0. The summed E-state index contributed by atoms with van der Waals surface area (Å²) in [6.45, 7) is 1.22. The predicted molar refractivity (Wildman–Crippen MR) is 51.8 cm³/mol. The molecule has 0 saturated heterocycles. The van der Waals surface area contributed by atoms with Gasteiger partial charge < -0.3 is 15.8 Å². The van der Waals surface area contributed by atoms with Gasteiger partial charge in [-0.1, -0.05) is 11.6 Å². The van der Waals surface area contributed by atoms with Crippen LogP contribution in [0.4, 0.5) is 11.8 Å². The van der Waals surface area contributed by atoms with Gasteiger partial charge in [-0.3, -0.25) is 0 Å². The van der Waals surface area contributed by atoms with Crippen LogP contribution in [0.25, 0.3) is 0 Å². The molecule has 3 N–H and O–H groups in total. The van der Waals surface area contributed by atoms with Crippen molar-refractivity contribution in [2.45, 2.75) is 0 Å². The molecule has 5 nitrogen and oxygen atoms in total. The Morgan fingerprint density at radius 3 is 3.15 bits per heavy atom. The van der Waals surface area contributed by atoms with Gasteiger partial charge in [-0.15, -0.1) is 0 Å². The molecule has 0 aliphatic carbocycles. The van der Waals surface area contributed by atoms with Crippen LogP contribution < -0.4 is 11.1 Å². The van der Waals surface area contributed by atoms with E-state index in [0.29, 0.717) is 24.0 Å². The van der Waals surface area contributed by atoms with Gasteiger partial charge in [0.15, 0.2) is 5.82 Å². The van der Waals surface area contributed by atoms with E-state index >= 15 is 0 Å². The minimum absolute atomic E-state index is 0.198. The maximum Gasteiger partial charge on any atom is 0.222 e. The van der Waals surface area contributed by atoms with Crippen molar-refractivity contribution in [3.8, 4) is 0 Å². The number of halogens is 1. The fourth-order valence-electron chi connectivity index (χ4n) is 0.776. The van der Waals surface area contributed by atoms with Crippen molar-refractivity contribution in [2.75, 3.05) is 31.3 Å². The summed E-state index contributed by atoms with van der Waals surface area (Å²) < 4.78 is 4.85. The number of aromatic nitrogens is 2. The lowest BCUT2D eigenvalue weighted by Crippen LogP contribution is -2.10. The molecule has 0 atom stereocenters. The van der Waals surface area contributed by atoms with Gasteiger partial charge in [-0.2, -0.15) is 4.98 Å². The average Bonchev–Trinajstić information content (AvgIpc) is 2.11. The Labute approximate surface area is 81.3 Å². The van der Waals surface area contributed by atoms with Crippen molar-refractivity contribution in [3.63, 3.8) is 0 Å². The highest BCUT2D eigenvalue weighted by molar-refractivity contribution is 6.32.